The van der Waals surface area contributed by atoms with Gasteiger partial charge in [-0.05, 0) is 81.0 Å². The first-order valence-corrected chi connectivity index (χ1v) is 11.3. The molecule has 0 N–H and O–H groups in total. The second-order valence-corrected chi connectivity index (χ2v) is 8.06. The Kier molecular flexibility index (Phi) is 8.63. The van der Waals surface area contributed by atoms with E-state index in [1.54, 1.807) is 18.6 Å². The first-order chi connectivity index (χ1) is 15.1. The molecule has 1 aliphatic carbocycles. The molecule has 0 fully saturated rings. The first kappa shape index (κ1) is 23.0. The Balaban J connectivity index is 1.51. The standard InChI is InChI=1S/C28H32F2O/c1-3-5-8-21-11-13-22(14-12-21)9-6-7-10-23-15-17-24(18-16-23)25-19-20-26(31-4-2)28(30)27(25)29/h3,6,9,11,15-20,22H,1,4-5,7-8,10,12-14H2,2H3/b9-6+. The molecular weight excluding hydrogens is 390 g/mol. The number of rotatable bonds is 10. The maximum absolute atomic E-state index is 14.4. The number of aryl methyl sites for hydroxylation is 1. The summed E-state index contributed by atoms with van der Waals surface area (Å²) in [5.41, 5.74) is 3.69. The summed E-state index contributed by atoms with van der Waals surface area (Å²) in [6.07, 6.45) is 16.8. The monoisotopic (exact) mass is 422 g/mol. The zero-order valence-corrected chi connectivity index (χ0v) is 18.4. The van der Waals surface area contributed by atoms with Crippen molar-refractivity contribution < 1.29 is 13.5 Å². The number of halogens is 2. The van der Waals surface area contributed by atoms with Gasteiger partial charge in [0.05, 0.1) is 6.61 Å². The molecule has 1 nitrogen and oxygen atoms in total. The van der Waals surface area contributed by atoms with E-state index in [-0.39, 0.29) is 11.3 Å². The largest absolute Gasteiger partial charge is 0.491 e. The van der Waals surface area contributed by atoms with E-state index in [1.807, 2.05) is 30.3 Å². The van der Waals surface area contributed by atoms with Crippen LogP contribution in [0.25, 0.3) is 11.1 Å². The Morgan fingerprint density at radius 3 is 2.52 bits per heavy atom. The van der Waals surface area contributed by atoms with Crippen LogP contribution in [0.1, 0.15) is 51.0 Å². The van der Waals surface area contributed by atoms with Crippen LogP contribution in [0.3, 0.4) is 0 Å². The molecule has 0 saturated heterocycles. The molecule has 1 aliphatic rings. The highest BCUT2D eigenvalue weighted by Crippen LogP contribution is 2.30. The molecule has 31 heavy (non-hydrogen) atoms. The Morgan fingerprint density at radius 2 is 1.84 bits per heavy atom. The van der Waals surface area contributed by atoms with Gasteiger partial charge in [0.1, 0.15) is 0 Å². The number of hydrogen-bond acceptors (Lipinski definition) is 1. The molecule has 0 aromatic heterocycles. The van der Waals surface area contributed by atoms with E-state index in [0.717, 1.165) is 32.1 Å². The minimum absolute atomic E-state index is 0.0476. The molecule has 2 aromatic carbocycles. The summed E-state index contributed by atoms with van der Waals surface area (Å²) in [5.74, 6) is -1.20. The van der Waals surface area contributed by atoms with Crippen LogP contribution >= 0.6 is 0 Å². The third kappa shape index (κ3) is 6.40. The molecule has 0 amide bonds. The maximum atomic E-state index is 14.4. The highest BCUT2D eigenvalue weighted by atomic mass is 19.2. The van der Waals surface area contributed by atoms with Gasteiger partial charge >= 0.3 is 0 Å². The lowest BCUT2D eigenvalue weighted by Gasteiger charge is -2.18. The molecule has 0 bridgehead atoms. The molecule has 0 aliphatic heterocycles. The summed E-state index contributed by atoms with van der Waals surface area (Å²) in [7, 11) is 0. The van der Waals surface area contributed by atoms with Crippen molar-refractivity contribution in [1.82, 2.24) is 0 Å². The average Bonchev–Trinajstić information content (AvgIpc) is 2.80. The lowest BCUT2D eigenvalue weighted by Crippen LogP contribution is -2.03. The number of allylic oxidation sites excluding steroid dienone is 5. The van der Waals surface area contributed by atoms with Crippen LogP contribution in [0.2, 0.25) is 0 Å². The predicted octanol–water partition coefficient (Wildman–Crippen LogP) is 8.21. The van der Waals surface area contributed by atoms with Crippen molar-refractivity contribution in [2.75, 3.05) is 6.61 Å². The summed E-state index contributed by atoms with van der Waals surface area (Å²) < 4.78 is 33.7. The topological polar surface area (TPSA) is 9.23 Å². The van der Waals surface area contributed by atoms with Crippen molar-refractivity contribution in [3.8, 4) is 16.9 Å². The van der Waals surface area contributed by atoms with Crippen LogP contribution in [0, 0.1) is 17.6 Å². The van der Waals surface area contributed by atoms with Crippen molar-refractivity contribution in [3.05, 3.63) is 90.1 Å². The molecule has 3 rings (SSSR count). The summed E-state index contributed by atoms with van der Waals surface area (Å²) in [4.78, 5) is 0. The SMILES string of the molecule is C=CCCC1=CCC(/C=C/CCc2ccc(-c3ccc(OCC)c(F)c3F)cc2)CC1. The highest BCUT2D eigenvalue weighted by molar-refractivity contribution is 5.65. The Morgan fingerprint density at radius 1 is 1.03 bits per heavy atom. The van der Waals surface area contributed by atoms with Gasteiger partial charge in [0.2, 0.25) is 5.82 Å². The smallest absolute Gasteiger partial charge is 0.201 e. The first-order valence-electron chi connectivity index (χ1n) is 11.3. The van der Waals surface area contributed by atoms with Gasteiger partial charge in [-0.1, -0.05) is 54.1 Å². The van der Waals surface area contributed by atoms with Crippen molar-refractivity contribution in [1.29, 1.82) is 0 Å². The minimum Gasteiger partial charge on any atom is -0.491 e. The van der Waals surface area contributed by atoms with E-state index < -0.39 is 11.6 Å². The van der Waals surface area contributed by atoms with Crippen LogP contribution < -0.4 is 4.74 Å². The zero-order valence-electron chi connectivity index (χ0n) is 18.4. The maximum Gasteiger partial charge on any atom is 0.201 e. The fourth-order valence-electron chi connectivity index (χ4n) is 4.01. The van der Waals surface area contributed by atoms with E-state index in [9.17, 15) is 8.78 Å². The van der Waals surface area contributed by atoms with Crippen LogP contribution in [0.4, 0.5) is 8.78 Å². The molecule has 164 valence electrons. The Bertz CT molecular complexity index is 925. The quantitative estimate of drug-likeness (QED) is 0.351. The lowest BCUT2D eigenvalue weighted by atomic mass is 9.87. The minimum atomic E-state index is -0.932. The highest BCUT2D eigenvalue weighted by Gasteiger charge is 2.15. The molecule has 1 atom stereocenters. The van der Waals surface area contributed by atoms with Crippen LogP contribution in [-0.4, -0.2) is 6.61 Å². The summed E-state index contributed by atoms with van der Waals surface area (Å²) >= 11 is 0. The second kappa shape index (κ2) is 11.6. The predicted molar refractivity (Wildman–Crippen MR) is 125 cm³/mol. The average molecular weight is 423 g/mol. The van der Waals surface area contributed by atoms with Crippen molar-refractivity contribution in [3.63, 3.8) is 0 Å². The molecule has 0 saturated carbocycles. The van der Waals surface area contributed by atoms with E-state index in [0.29, 0.717) is 18.1 Å². The molecular formula is C28H32F2O. The molecule has 1 unspecified atom stereocenters. The van der Waals surface area contributed by atoms with Gasteiger partial charge in [-0.15, -0.1) is 6.58 Å². The van der Waals surface area contributed by atoms with Crippen molar-refractivity contribution in [2.45, 2.75) is 51.9 Å². The normalized spacial score (nSPS) is 16.4. The van der Waals surface area contributed by atoms with Gasteiger partial charge in [-0.3, -0.25) is 0 Å². The zero-order chi connectivity index (χ0) is 22.1. The Labute approximate surface area is 185 Å². The number of ether oxygens (including phenoxy) is 1. The fourth-order valence-corrected chi connectivity index (χ4v) is 4.01. The van der Waals surface area contributed by atoms with E-state index in [4.69, 9.17) is 4.74 Å². The van der Waals surface area contributed by atoms with Crippen LogP contribution in [0.15, 0.2) is 72.9 Å². The molecule has 3 heteroatoms. The summed E-state index contributed by atoms with van der Waals surface area (Å²) in [5, 5.41) is 0. The van der Waals surface area contributed by atoms with Gasteiger partial charge in [-0.2, -0.15) is 4.39 Å². The van der Waals surface area contributed by atoms with E-state index in [1.165, 1.54) is 24.5 Å². The third-order valence-electron chi connectivity index (χ3n) is 5.83. The van der Waals surface area contributed by atoms with Crippen LogP contribution in [0.5, 0.6) is 5.75 Å². The van der Waals surface area contributed by atoms with Gasteiger partial charge in [0, 0.05) is 5.56 Å². The summed E-state index contributed by atoms with van der Waals surface area (Å²) in [6.45, 7) is 5.84. The molecule has 0 heterocycles. The molecule has 0 radical (unpaired) electrons. The number of benzene rings is 2. The van der Waals surface area contributed by atoms with Gasteiger partial charge < -0.3 is 4.74 Å². The fraction of sp³-hybridized carbons (Fsp3) is 0.357. The van der Waals surface area contributed by atoms with Gasteiger partial charge in [0.25, 0.3) is 0 Å². The summed E-state index contributed by atoms with van der Waals surface area (Å²) in [6, 6.07) is 10.8. The number of hydrogen-bond donors (Lipinski definition) is 0. The van der Waals surface area contributed by atoms with Crippen molar-refractivity contribution in [2.24, 2.45) is 5.92 Å². The van der Waals surface area contributed by atoms with Gasteiger partial charge in [-0.25, -0.2) is 4.39 Å². The van der Waals surface area contributed by atoms with E-state index in [2.05, 4.69) is 24.8 Å². The van der Waals surface area contributed by atoms with Gasteiger partial charge in [0.15, 0.2) is 11.6 Å². The van der Waals surface area contributed by atoms with Crippen molar-refractivity contribution >= 4 is 0 Å². The Hall–Kier alpha value is -2.68. The van der Waals surface area contributed by atoms with Crippen LogP contribution in [-0.2, 0) is 6.42 Å². The molecule has 0 spiro atoms. The molecule has 2 aromatic rings. The lowest BCUT2D eigenvalue weighted by molar-refractivity contribution is 0.314. The van der Waals surface area contributed by atoms with E-state index >= 15 is 0 Å². The second-order valence-electron chi connectivity index (χ2n) is 8.06. The third-order valence-corrected chi connectivity index (χ3v) is 5.83.